The summed E-state index contributed by atoms with van der Waals surface area (Å²) in [5.41, 5.74) is 1.79. The number of ether oxygens (including phenoxy) is 3. The van der Waals surface area contributed by atoms with E-state index in [-0.39, 0.29) is 11.3 Å². The number of benzene rings is 1. The number of hydrogen-bond acceptors (Lipinski definition) is 7. The Hall–Kier alpha value is -3.81. The molecule has 0 atom stereocenters. The maximum Gasteiger partial charge on any atom is 0.355 e. The maximum atomic E-state index is 12.5. The predicted octanol–water partition coefficient (Wildman–Crippen LogP) is 2.97. The molecule has 30 heavy (non-hydrogen) atoms. The number of carbonyl (C=O) groups excluding carboxylic acids is 2. The number of nitrogens with zero attached hydrogens (tertiary/aromatic N) is 3. The molecule has 1 aromatic carbocycles. The standard InChI is InChI=1S/C22H23N3O5/c1-4-24-14-16(13-23-24)15-30-18-10-8-17(9-11-18)25-12-6-5-7-19(21(26)28-2)20(25)22(27)29-3/h5-14H,4,15H2,1-3H3. The van der Waals surface area contributed by atoms with Crippen molar-refractivity contribution in [1.29, 1.82) is 0 Å². The highest BCUT2D eigenvalue weighted by Crippen LogP contribution is 2.28. The van der Waals surface area contributed by atoms with Gasteiger partial charge >= 0.3 is 11.9 Å². The molecule has 156 valence electrons. The van der Waals surface area contributed by atoms with Crippen LogP contribution in [0.5, 0.6) is 5.75 Å². The lowest BCUT2D eigenvalue weighted by molar-refractivity contribution is -0.139. The van der Waals surface area contributed by atoms with E-state index in [2.05, 4.69) is 5.10 Å². The normalized spacial score (nSPS) is 13.2. The molecule has 0 spiro atoms. The summed E-state index contributed by atoms with van der Waals surface area (Å²) in [5.74, 6) is -0.621. The quantitative estimate of drug-likeness (QED) is 0.650. The van der Waals surface area contributed by atoms with E-state index < -0.39 is 11.9 Å². The monoisotopic (exact) mass is 409 g/mol. The second kappa shape index (κ2) is 9.60. The SMILES string of the molecule is CCn1cc(COc2ccc(N3C=CC=CC(C(=O)OC)=C3C(=O)OC)cc2)cn1. The minimum Gasteiger partial charge on any atom is -0.489 e. The van der Waals surface area contributed by atoms with Gasteiger partial charge in [-0.05, 0) is 43.3 Å². The van der Waals surface area contributed by atoms with Gasteiger partial charge in [-0.2, -0.15) is 5.10 Å². The van der Waals surface area contributed by atoms with E-state index in [1.807, 2.05) is 17.8 Å². The van der Waals surface area contributed by atoms with Gasteiger partial charge < -0.3 is 19.1 Å². The fourth-order valence-corrected chi connectivity index (χ4v) is 2.89. The third-order valence-electron chi connectivity index (χ3n) is 4.42. The predicted molar refractivity (Wildman–Crippen MR) is 110 cm³/mol. The Balaban J connectivity index is 1.84. The van der Waals surface area contributed by atoms with E-state index >= 15 is 0 Å². The summed E-state index contributed by atoms with van der Waals surface area (Å²) in [6.07, 6.45) is 10.3. The van der Waals surface area contributed by atoms with Gasteiger partial charge in [-0.25, -0.2) is 9.59 Å². The molecule has 1 aromatic heterocycles. The van der Waals surface area contributed by atoms with Crippen LogP contribution in [0.2, 0.25) is 0 Å². The molecule has 3 rings (SSSR count). The smallest absolute Gasteiger partial charge is 0.355 e. The first-order valence-corrected chi connectivity index (χ1v) is 9.36. The van der Waals surface area contributed by atoms with Crippen molar-refractivity contribution in [3.8, 4) is 5.75 Å². The molecular formula is C22H23N3O5. The molecule has 0 radical (unpaired) electrons. The Morgan fingerprint density at radius 1 is 1.03 bits per heavy atom. The molecule has 1 aliphatic rings. The van der Waals surface area contributed by atoms with E-state index in [0.717, 1.165) is 12.1 Å². The van der Waals surface area contributed by atoms with Crippen molar-refractivity contribution in [2.45, 2.75) is 20.1 Å². The number of esters is 2. The molecule has 0 fully saturated rings. The minimum atomic E-state index is -0.653. The molecule has 2 heterocycles. The highest BCUT2D eigenvalue weighted by molar-refractivity contribution is 6.05. The van der Waals surface area contributed by atoms with Crippen LogP contribution < -0.4 is 9.64 Å². The molecule has 0 aliphatic carbocycles. The van der Waals surface area contributed by atoms with E-state index in [0.29, 0.717) is 18.0 Å². The summed E-state index contributed by atoms with van der Waals surface area (Å²) < 4.78 is 17.4. The molecule has 8 nitrogen and oxygen atoms in total. The summed E-state index contributed by atoms with van der Waals surface area (Å²) >= 11 is 0. The topological polar surface area (TPSA) is 82.9 Å². The van der Waals surface area contributed by atoms with Crippen LogP contribution in [0.4, 0.5) is 5.69 Å². The van der Waals surface area contributed by atoms with Crippen LogP contribution in [0, 0.1) is 0 Å². The van der Waals surface area contributed by atoms with Crippen molar-refractivity contribution in [3.63, 3.8) is 0 Å². The number of anilines is 1. The zero-order valence-electron chi connectivity index (χ0n) is 17.1. The largest absolute Gasteiger partial charge is 0.489 e. The first-order chi connectivity index (χ1) is 14.6. The van der Waals surface area contributed by atoms with E-state index in [4.69, 9.17) is 14.2 Å². The van der Waals surface area contributed by atoms with Gasteiger partial charge in [0.05, 0.1) is 26.0 Å². The molecule has 0 saturated carbocycles. The summed E-state index contributed by atoms with van der Waals surface area (Å²) in [7, 11) is 2.52. The van der Waals surface area contributed by atoms with Crippen LogP contribution in [0.25, 0.3) is 0 Å². The van der Waals surface area contributed by atoms with Gasteiger partial charge in [0.15, 0.2) is 0 Å². The average molecular weight is 409 g/mol. The second-order valence-electron chi connectivity index (χ2n) is 6.30. The Bertz CT molecular complexity index is 1000. The van der Waals surface area contributed by atoms with Crippen molar-refractivity contribution in [2.24, 2.45) is 0 Å². The summed E-state index contributed by atoms with van der Waals surface area (Å²) in [6, 6.07) is 7.16. The second-order valence-corrected chi connectivity index (χ2v) is 6.30. The Kier molecular flexibility index (Phi) is 6.69. The number of aromatic nitrogens is 2. The Morgan fingerprint density at radius 3 is 2.40 bits per heavy atom. The van der Waals surface area contributed by atoms with Crippen molar-refractivity contribution < 1.29 is 23.8 Å². The molecule has 0 bridgehead atoms. The summed E-state index contributed by atoms with van der Waals surface area (Å²) in [5, 5.41) is 4.22. The molecule has 2 aromatic rings. The lowest BCUT2D eigenvalue weighted by Crippen LogP contribution is -2.26. The maximum absolute atomic E-state index is 12.5. The third-order valence-corrected chi connectivity index (χ3v) is 4.42. The fraction of sp³-hybridized carbons (Fsp3) is 0.227. The zero-order chi connectivity index (χ0) is 21.5. The average Bonchev–Trinajstić information content (AvgIpc) is 3.14. The minimum absolute atomic E-state index is 0.0648. The Morgan fingerprint density at radius 2 is 1.77 bits per heavy atom. The molecule has 1 aliphatic heterocycles. The summed E-state index contributed by atoms with van der Waals surface area (Å²) in [6.45, 7) is 3.22. The molecule has 0 amide bonds. The lowest BCUT2D eigenvalue weighted by Gasteiger charge is -2.23. The lowest BCUT2D eigenvalue weighted by atomic mass is 10.1. The molecular weight excluding hydrogens is 386 g/mol. The molecule has 8 heteroatoms. The molecule has 0 saturated heterocycles. The fourth-order valence-electron chi connectivity index (χ4n) is 2.89. The van der Waals surface area contributed by atoms with Crippen molar-refractivity contribution >= 4 is 17.6 Å². The van der Waals surface area contributed by atoms with Crippen LogP contribution in [-0.4, -0.2) is 35.9 Å². The van der Waals surface area contributed by atoms with Crippen LogP contribution >= 0.6 is 0 Å². The number of carbonyl (C=O) groups is 2. The first kappa shape index (κ1) is 20.9. The summed E-state index contributed by atoms with van der Waals surface area (Å²) in [4.78, 5) is 26.2. The highest BCUT2D eigenvalue weighted by atomic mass is 16.5. The van der Waals surface area contributed by atoms with Crippen LogP contribution in [0.15, 0.2) is 72.4 Å². The van der Waals surface area contributed by atoms with E-state index in [1.54, 1.807) is 53.7 Å². The number of aryl methyl sites for hydroxylation is 1. The van der Waals surface area contributed by atoms with Crippen LogP contribution in [0.1, 0.15) is 12.5 Å². The molecule has 0 N–H and O–H groups in total. The van der Waals surface area contributed by atoms with Crippen molar-refractivity contribution in [3.05, 3.63) is 77.9 Å². The van der Waals surface area contributed by atoms with Gasteiger partial charge in [0, 0.05) is 30.2 Å². The van der Waals surface area contributed by atoms with E-state index in [9.17, 15) is 9.59 Å². The van der Waals surface area contributed by atoms with Crippen LogP contribution in [-0.2, 0) is 32.2 Å². The number of allylic oxidation sites excluding steroid dienone is 2. The number of methoxy groups -OCH3 is 2. The highest BCUT2D eigenvalue weighted by Gasteiger charge is 2.27. The van der Waals surface area contributed by atoms with Gasteiger partial charge in [0.25, 0.3) is 0 Å². The number of hydrogen-bond donors (Lipinski definition) is 0. The van der Waals surface area contributed by atoms with Gasteiger partial charge in [-0.3, -0.25) is 4.68 Å². The molecule has 0 unspecified atom stereocenters. The van der Waals surface area contributed by atoms with Gasteiger partial charge in [-0.15, -0.1) is 0 Å². The first-order valence-electron chi connectivity index (χ1n) is 9.36. The van der Waals surface area contributed by atoms with Crippen molar-refractivity contribution in [2.75, 3.05) is 19.1 Å². The van der Waals surface area contributed by atoms with Gasteiger partial charge in [-0.1, -0.05) is 6.08 Å². The van der Waals surface area contributed by atoms with Gasteiger partial charge in [0.2, 0.25) is 0 Å². The van der Waals surface area contributed by atoms with Crippen molar-refractivity contribution in [1.82, 2.24) is 9.78 Å². The van der Waals surface area contributed by atoms with Gasteiger partial charge in [0.1, 0.15) is 18.1 Å². The Labute approximate surface area is 174 Å². The van der Waals surface area contributed by atoms with E-state index in [1.165, 1.54) is 20.3 Å². The zero-order valence-corrected chi connectivity index (χ0v) is 17.1. The number of rotatable bonds is 7. The third kappa shape index (κ3) is 4.60. The van der Waals surface area contributed by atoms with Crippen LogP contribution in [0.3, 0.4) is 0 Å².